The standard InChI is InChI=1S/C22H22N4O3S2/c1-14-18(15(2)26(25-14)16-7-5-4-6-8-16)10-12-21(27)24-22-23-19-11-9-17(31(3,28)29)13-20(19)30-22/h4-9,11,13H,10,12H2,1-3H3,(H,23,24,27). The first-order chi connectivity index (χ1) is 14.7. The van der Waals surface area contributed by atoms with E-state index in [2.05, 4.69) is 15.4 Å². The van der Waals surface area contributed by atoms with Crippen molar-refractivity contribution in [1.29, 1.82) is 0 Å². The maximum atomic E-state index is 12.5. The zero-order valence-corrected chi connectivity index (χ0v) is 19.0. The van der Waals surface area contributed by atoms with Gasteiger partial charge in [-0.15, -0.1) is 0 Å². The molecule has 2 heterocycles. The van der Waals surface area contributed by atoms with Gasteiger partial charge in [0.05, 0.1) is 26.5 Å². The van der Waals surface area contributed by atoms with Gasteiger partial charge in [0.1, 0.15) is 0 Å². The molecule has 4 rings (SSSR count). The SMILES string of the molecule is Cc1nn(-c2ccccc2)c(C)c1CCC(=O)Nc1nc2ccc(S(C)(=O)=O)cc2s1. The second kappa shape index (κ2) is 8.24. The first-order valence-corrected chi connectivity index (χ1v) is 12.4. The molecule has 0 aliphatic rings. The van der Waals surface area contributed by atoms with Crippen molar-refractivity contribution in [3.63, 3.8) is 0 Å². The van der Waals surface area contributed by atoms with Gasteiger partial charge in [0.2, 0.25) is 5.91 Å². The average molecular weight is 455 g/mol. The lowest BCUT2D eigenvalue weighted by molar-refractivity contribution is -0.116. The Hall–Kier alpha value is -3.04. The highest BCUT2D eigenvalue weighted by atomic mass is 32.2. The van der Waals surface area contributed by atoms with E-state index in [9.17, 15) is 13.2 Å². The van der Waals surface area contributed by atoms with Crippen LogP contribution in [0.1, 0.15) is 23.4 Å². The van der Waals surface area contributed by atoms with Crippen LogP contribution < -0.4 is 5.32 Å². The smallest absolute Gasteiger partial charge is 0.226 e. The van der Waals surface area contributed by atoms with Crippen LogP contribution in [0.25, 0.3) is 15.9 Å². The lowest BCUT2D eigenvalue weighted by atomic mass is 10.1. The molecule has 9 heteroatoms. The zero-order valence-electron chi connectivity index (χ0n) is 17.4. The molecular formula is C22H22N4O3S2. The number of amides is 1. The van der Waals surface area contributed by atoms with Crippen molar-refractivity contribution in [3.8, 4) is 5.69 Å². The van der Waals surface area contributed by atoms with E-state index >= 15 is 0 Å². The monoisotopic (exact) mass is 454 g/mol. The number of aryl methyl sites for hydroxylation is 1. The molecular weight excluding hydrogens is 432 g/mol. The van der Waals surface area contributed by atoms with Gasteiger partial charge in [0.25, 0.3) is 0 Å². The Morgan fingerprint density at radius 3 is 2.58 bits per heavy atom. The second-order valence-corrected chi connectivity index (χ2v) is 10.4. The van der Waals surface area contributed by atoms with E-state index in [1.807, 2.05) is 48.9 Å². The molecule has 1 amide bonds. The van der Waals surface area contributed by atoms with Crippen LogP contribution in [0.3, 0.4) is 0 Å². The van der Waals surface area contributed by atoms with Gasteiger partial charge in [-0.3, -0.25) is 4.79 Å². The van der Waals surface area contributed by atoms with Crippen molar-refractivity contribution in [2.24, 2.45) is 0 Å². The summed E-state index contributed by atoms with van der Waals surface area (Å²) in [6.45, 7) is 3.96. The van der Waals surface area contributed by atoms with E-state index in [4.69, 9.17) is 0 Å². The predicted octanol–water partition coefficient (Wildman–Crippen LogP) is 4.07. The summed E-state index contributed by atoms with van der Waals surface area (Å²) in [6.07, 6.45) is 2.04. The molecule has 7 nitrogen and oxygen atoms in total. The summed E-state index contributed by atoms with van der Waals surface area (Å²) in [5.41, 5.74) is 4.62. The van der Waals surface area contributed by atoms with E-state index in [0.717, 1.165) is 22.6 Å². The molecule has 0 aliphatic carbocycles. The molecule has 0 spiro atoms. The quantitative estimate of drug-likeness (QED) is 0.474. The van der Waals surface area contributed by atoms with Crippen molar-refractivity contribution in [2.45, 2.75) is 31.6 Å². The van der Waals surface area contributed by atoms with Crippen molar-refractivity contribution >= 4 is 42.4 Å². The van der Waals surface area contributed by atoms with Gasteiger partial charge in [0, 0.05) is 18.4 Å². The number of nitrogens with zero attached hydrogens (tertiary/aromatic N) is 3. The number of benzene rings is 2. The van der Waals surface area contributed by atoms with Crippen LogP contribution in [0.2, 0.25) is 0 Å². The summed E-state index contributed by atoms with van der Waals surface area (Å²) in [4.78, 5) is 17.1. The Labute approximate surface area is 184 Å². The number of fused-ring (bicyclic) bond motifs is 1. The van der Waals surface area contributed by atoms with Crippen LogP contribution in [0.15, 0.2) is 53.4 Å². The highest BCUT2D eigenvalue weighted by molar-refractivity contribution is 7.90. The Morgan fingerprint density at radius 1 is 1.13 bits per heavy atom. The molecule has 0 saturated carbocycles. The number of hydrogen-bond acceptors (Lipinski definition) is 6. The number of carbonyl (C=O) groups excluding carboxylic acids is 1. The molecule has 1 N–H and O–H groups in total. The minimum atomic E-state index is -3.29. The maximum Gasteiger partial charge on any atom is 0.226 e. The predicted molar refractivity (Wildman–Crippen MR) is 123 cm³/mol. The van der Waals surface area contributed by atoms with Crippen LogP contribution >= 0.6 is 11.3 Å². The van der Waals surface area contributed by atoms with Crippen molar-refractivity contribution < 1.29 is 13.2 Å². The van der Waals surface area contributed by atoms with Gasteiger partial charge in [-0.2, -0.15) is 5.10 Å². The van der Waals surface area contributed by atoms with Gasteiger partial charge in [-0.1, -0.05) is 29.5 Å². The lowest BCUT2D eigenvalue weighted by Crippen LogP contribution is -2.12. The largest absolute Gasteiger partial charge is 0.302 e. The van der Waals surface area contributed by atoms with E-state index in [1.165, 1.54) is 23.7 Å². The summed E-state index contributed by atoms with van der Waals surface area (Å²) >= 11 is 1.26. The number of thiazole rings is 1. The molecule has 2 aromatic heterocycles. The van der Waals surface area contributed by atoms with E-state index in [1.54, 1.807) is 12.1 Å². The van der Waals surface area contributed by atoms with E-state index in [0.29, 0.717) is 28.2 Å². The normalized spacial score (nSPS) is 11.7. The summed E-state index contributed by atoms with van der Waals surface area (Å²) in [6, 6.07) is 14.7. The summed E-state index contributed by atoms with van der Waals surface area (Å²) < 4.78 is 26.1. The first-order valence-electron chi connectivity index (χ1n) is 9.73. The summed E-state index contributed by atoms with van der Waals surface area (Å²) in [7, 11) is -3.29. The molecule has 0 unspecified atom stereocenters. The molecule has 31 heavy (non-hydrogen) atoms. The third-order valence-corrected chi connectivity index (χ3v) is 7.12. The van der Waals surface area contributed by atoms with Crippen molar-refractivity contribution in [1.82, 2.24) is 14.8 Å². The number of aromatic nitrogens is 3. The van der Waals surface area contributed by atoms with Crippen LogP contribution in [-0.2, 0) is 21.1 Å². The molecule has 2 aromatic carbocycles. The third kappa shape index (κ3) is 4.52. The molecule has 4 aromatic rings. The number of nitrogens with one attached hydrogen (secondary N) is 1. The van der Waals surface area contributed by atoms with Gasteiger partial charge in [0.15, 0.2) is 15.0 Å². The summed E-state index contributed by atoms with van der Waals surface area (Å²) in [5, 5.41) is 7.91. The Kier molecular flexibility index (Phi) is 5.63. The van der Waals surface area contributed by atoms with E-state index in [-0.39, 0.29) is 10.8 Å². The third-order valence-electron chi connectivity index (χ3n) is 5.08. The van der Waals surface area contributed by atoms with Crippen LogP contribution in [0.5, 0.6) is 0 Å². The molecule has 0 radical (unpaired) electrons. The highest BCUT2D eigenvalue weighted by Crippen LogP contribution is 2.28. The Balaban J connectivity index is 1.46. The minimum absolute atomic E-state index is 0.145. The maximum absolute atomic E-state index is 12.5. The molecule has 160 valence electrons. The van der Waals surface area contributed by atoms with Crippen molar-refractivity contribution in [2.75, 3.05) is 11.6 Å². The molecule has 0 aliphatic heterocycles. The topological polar surface area (TPSA) is 93.9 Å². The van der Waals surface area contributed by atoms with Gasteiger partial charge < -0.3 is 5.32 Å². The Morgan fingerprint density at radius 2 is 1.87 bits per heavy atom. The summed E-state index contributed by atoms with van der Waals surface area (Å²) in [5.74, 6) is -0.145. The second-order valence-electron chi connectivity index (χ2n) is 7.37. The lowest BCUT2D eigenvalue weighted by Gasteiger charge is -2.05. The van der Waals surface area contributed by atoms with Crippen LogP contribution in [0, 0.1) is 13.8 Å². The number of rotatable bonds is 6. The fraction of sp³-hybridized carbons (Fsp3) is 0.227. The molecule has 0 saturated heterocycles. The van der Waals surface area contributed by atoms with Gasteiger partial charge in [-0.05, 0) is 56.2 Å². The van der Waals surface area contributed by atoms with Gasteiger partial charge in [-0.25, -0.2) is 18.1 Å². The number of sulfone groups is 1. The van der Waals surface area contributed by atoms with Crippen molar-refractivity contribution in [3.05, 3.63) is 65.5 Å². The minimum Gasteiger partial charge on any atom is -0.302 e. The van der Waals surface area contributed by atoms with Crippen LogP contribution in [0.4, 0.5) is 5.13 Å². The average Bonchev–Trinajstić information content (AvgIpc) is 3.25. The number of anilines is 1. The fourth-order valence-corrected chi connectivity index (χ4v) is 5.11. The fourth-order valence-electron chi connectivity index (χ4n) is 3.47. The zero-order chi connectivity index (χ0) is 22.2. The number of para-hydroxylation sites is 1. The van der Waals surface area contributed by atoms with Gasteiger partial charge >= 0.3 is 0 Å². The number of hydrogen-bond donors (Lipinski definition) is 1. The number of carbonyl (C=O) groups is 1. The molecule has 0 atom stereocenters. The van der Waals surface area contributed by atoms with Crippen LogP contribution in [-0.4, -0.2) is 35.3 Å². The van der Waals surface area contributed by atoms with E-state index < -0.39 is 9.84 Å². The molecule has 0 fully saturated rings. The first kappa shape index (κ1) is 21.2. The Bertz CT molecular complexity index is 1370. The molecule has 0 bridgehead atoms. The highest BCUT2D eigenvalue weighted by Gasteiger charge is 2.16.